The van der Waals surface area contributed by atoms with Crippen molar-refractivity contribution in [3.8, 4) is 5.75 Å². The van der Waals surface area contributed by atoms with Crippen LogP contribution in [0.4, 0.5) is 16.2 Å². The zero-order valence-electron chi connectivity index (χ0n) is 15.5. The lowest BCUT2D eigenvalue weighted by atomic mass is 10.1. The van der Waals surface area contributed by atoms with Gasteiger partial charge in [0.2, 0.25) is 0 Å². The smallest absolute Gasteiger partial charge is 0.319 e. The van der Waals surface area contributed by atoms with Crippen molar-refractivity contribution >= 4 is 17.4 Å². The molecule has 1 saturated heterocycles. The normalized spacial score (nSPS) is 15.2. The van der Waals surface area contributed by atoms with Crippen LogP contribution in [-0.2, 0) is 0 Å². The fraction of sp³-hybridized carbons (Fsp3) is 0.381. The van der Waals surface area contributed by atoms with E-state index in [1.54, 1.807) is 7.11 Å². The van der Waals surface area contributed by atoms with E-state index in [9.17, 15) is 4.79 Å². The third-order valence-corrected chi connectivity index (χ3v) is 4.82. The van der Waals surface area contributed by atoms with E-state index in [0.717, 1.165) is 18.7 Å². The van der Waals surface area contributed by atoms with Gasteiger partial charge < -0.3 is 20.3 Å². The van der Waals surface area contributed by atoms with E-state index >= 15 is 0 Å². The maximum absolute atomic E-state index is 12.3. The monoisotopic (exact) mass is 353 g/mol. The second-order valence-electron chi connectivity index (χ2n) is 6.66. The molecule has 2 N–H and O–H groups in total. The molecule has 2 amide bonds. The summed E-state index contributed by atoms with van der Waals surface area (Å²) in [5, 5.41) is 5.82. The Morgan fingerprint density at radius 3 is 2.42 bits per heavy atom. The molecule has 1 unspecified atom stereocenters. The van der Waals surface area contributed by atoms with Crippen molar-refractivity contribution < 1.29 is 9.53 Å². The molecule has 1 atom stereocenters. The van der Waals surface area contributed by atoms with Crippen LogP contribution in [0.2, 0.25) is 0 Å². The summed E-state index contributed by atoms with van der Waals surface area (Å²) in [6, 6.07) is 15.5. The molecule has 1 aliphatic rings. The second-order valence-corrected chi connectivity index (χ2v) is 6.66. The molecular formula is C21H27N3O2. The molecule has 1 heterocycles. The van der Waals surface area contributed by atoms with Gasteiger partial charge in [-0.25, -0.2) is 4.79 Å². The molecule has 1 fully saturated rings. The van der Waals surface area contributed by atoms with Gasteiger partial charge in [0.1, 0.15) is 5.75 Å². The highest BCUT2D eigenvalue weighted by atomic mass is 16.5. The number of hydrogen-bond acceptors (Lipinski definition) is 3. The van der Waals surface area contributed by atoms with Crippen molar-refractivity contribution in [2.24, 2.45) is 0 Å². The number of hydrogen-bond donors (Lipinski definition) is 2. The highest BCUT2D eigenvalue weighted by molar-refractivity contribution is 5.91. The Kier molecular flexibility index (Phi) is 6.00. The van der Waals surface area contributed by atoms with Gasteiger partial charge in [0, 0.05) is 18.8 Å². The van der Waals surface area contributed by atoms with Crippen molar-refractivity contribution in [1.82, 2.24) is 5.32 Å². The summed E-state index contributed by atoms with van der Waals surface area (Å²) in [4.78, 5) is 14.7. The predicted octanol–water partition coefficient (Wildman–Crippen LogP) is 4.57. The largest absolute Gasteiger partial charge is 0.495 e. The number of rotatable bonds is 5. The van der Waals surface area contributed by atoms with Gasteiger partial charge in [0.05, 0.1) is 18.8 Å². The first-order valence-electron chi connectivity index (χ1n) is 9.23. The van der Waals surface area contributed by atoms with Crippen LogP contribution >= 0.6 is 0 Å². The average molecular weight is 353 g/mol. The Morgan fingerprint density at radius 1 is 1.04 bits per heavy atom. The van der Waals surface area contributed by atoms with Crippen LogP contribution in [0.3, 0.4) is 0 Å². The van der Waals surface area contributed by atoms with Crippen molar-refractivity contribution in [1.29, 1.82) is 0 Å². The SMILES string of the molecule is COc1ccccc1NC(=O)NC(C)c1ccc(N2CCCCC2)cc1. The highest BCUT2D eigenvalue weighted by Crippen LogP contribution is 2.24. The molecule has 2 aromatic rings. The van der Waals surface area contributed by atoms with Gasteiger partial charge in [-0.1, -0.05) is 24.3 Å². The molecule has 0 spiro atoms. The number of carbonyl (C=O) groups is 1. The van der Waals surface area contributed by atoms with Crippen LogP contribution < -0.4 is 20.3 Å². The Hall–Kier alpha value is -2.69. The van der Waals surface area contributed by atoms with Gasteiger partial charge in [0.15, 0.2) is 0 Å². The number of carbonyl (C=O) groups excluding carboxylic acids is 1. The van der Waals surface area contributed by atoms with Gasteiger partial charge in [0.25, 0.3) is 0 Å². The molecule has 0 radical (unpaired) electrons. The Bertz CT molecular complexity index is 724. The van der Waals surface area contributed by atoms with Crippen LogP contribution in [0.15, 0.2) is 48.5 Å². The number of nitrogens with one attached hydrogen (secondary N) is 2. The average Bonchev–Trinajstić information content (AvgIpc) is 2.69. The molecule has 5 heteroatoms. The maximum atomic E-state index is 12.3. The lowest BCUT2D eigenvalue weighted by molar-refractivity contribution is 0.249. The van der Waals surface area contributed by atoms with Gasteiger partial charge in [-0.3, -0.25) is 0 Å². The number of piperidine rings is 1. The van der Waals surface area contributed by atoms with E-state index in [0.29, 0.717) is 11.4 Å². The summed E-state index contributed by atoms with van der Waals surface area (Å²) < 4.78 is 5.26. The quantitative estimate of drug-likeness (QED) is 0.828. The molecule has 3 rings (SSSR count). The number of urea groups is 1. The molecule has 138 valence electrons. The van der Waals surface area contributed by atoms with Gasteiger partial charge in [-0.05, 0) is 56.0 Å². The highest BCUT2D eigenvalue weighted by Gasteiger charge is 2.14. The number of benzene rings is 2. The lowest BCUT2D eigenvalue weighted by Gasteiger charge is -2.29. The fourth-order valence-corrected chi connectivity index (χ4v) is 3.31. The summed E-state index contributed by atoms with van der Waals surface area (Å²) in [6.45, 7) is 4.25. The second kappa shape index (κ2) is 8.61. The molecule has 26 heavy (non-hydrogen) atoms. The first-order chi connectivity index (χ1) is 12.7. The fourth-order valence-electron chi connectivity index (χ4n) is 3.31. The Balaban J connectivity index is 1.58. The van der Waals surface area contributed by atoms with Crippen LogP contribution in [0.5, 0.6) is 5.75 Å². The minimum absolute atomic E-state index is 0.0832. The van der Waals surface area contributed by atoms with E-state index in [2.05, 4.69) is 39.8 Å². The minimum Gasteiger partial charge on any atom is -0.495 e. The number of para-hydroxylation sites is 2. The number of nitrogens with zero attached hydrogens (tertiary/aromatic N) is 1. The summed E-state index contributed by atoms with van der Waals surface area (Å²) >= 11 is 0. The van der Waals surface area contributed by atoms with E-state index in [1.165, 1.54) is 24.9 Å². The molecule has 2 aromatic carbocycles. The van der Waals surface area contributed by atoms with Crippen LogP contribution in [0.1, 0.15) is 37.8 Å². The molecule has 0 bridgehead atoms. The molecule has 1 aliphatic heterocycles. The molecular weight excluding hydrogens is 326 g/mol. The van der Waals surface area contributed by atoms with E-state index in [-0.39, 0.29) is 12.1 Å². The summed E-state index contributed by atoms with van der Waals surface area (Å²) in [6.07, 6.45) is 3.86. The van der Waals surface area contributed by atoms with Gasteiger partial charge in [-0.2, -0.15) is 0 Å². The number of amides is 2. The Morgan fingerprint density at radius 2 is 1.73 bits per heavy atom. The number of ether oxygens (including phenoxy) is 1. The molecule has 5 nitrogen and oxygen atoms in total. The Labute approximate surface area is 155 Å². The number of methoxy groups -OCH3 is 1. The first-order valence-corrected chi connectivity index (χ1v) is 9.23. The zero-order valence-corrected chi connectivity index (χ0v) is 15.5. The van der Waals surface area contributed by atoms with Crippen molar-refractivity contribution in [2.75, 3.05) is 30.4 Å². The third kappa shape index (κ3) is 4.48. The van der Waals surface area contributed by atoms with Crippen molar-refractivity contribution in [3.63, 3.8) is 0 Å². The standard InChI is InChI=1S/C21H27N3O2/c1-16(22-21(25)23-19-8-4-5-9-20(19)26-2)17-10-12-18(13-11-17)24-14-6-3-7-15-24/h4-5,8-13,16H,3,6-7,14-15H2,1-2H3,(H2,22,23,25). The third-order valence-electron chi connectivity index (χ3n) is 4.82. The maximum Gasteiger partial charge on any atom is 0.319 e. The summed E-state index contributed by atoms with van der Waals surface area (Å²) in [5.41, 5.74) is 3.00. The topological polar surface area (TPSA) is 53.6 Å². The molecule has 0 saturated carbocycles. The van der Waals surface area contributed by atoms with E-state index < -0.39 is 0 Å². The van der Waals surface area contributed by atoms with E-state index in [4.69, 9.17) is 4.74 Å². The lowest BCUT2D eigenvalue weighted by Crippen LogP contribution is -2.31. The predicted molar refractivity (Wildman–Crippen MR) is 106 cm³/mol. The minimum atomic E-state index is -0.248. The van der Waals surface area contributed by atoms with Crippen molar-refractivity contribution in [3.05, 3.63) is 54.1 Å². The first kappa shape index (κ1) is 18.1. The zero-order chi connectivity index (χ0) is 18.4. The van der Waals surface area contributed by atoms with Gasteiger partial charge in [-0.15, -0.1) is 0 Å². The van der Waals surface area contributed by atoms with Gasteiger partial charge >= 0.3 is 6.03 Å². The van der Waals surface area contributed by atoms with Crippen LogP contribution in [0.25, 0.3) is 0 Å². The number of anilines is 2. The van der Waals surface area contributed by atoms with Crippen LogP contribution in [0, 0.1) is 0 Å². The summed E-state index contributed by atoms with van der Waals surface area (Å²) in [7, 11) is 1.59. The summed E-state index contributed by atoms with van der Waals surface area (Å²) in [5.74, 6) is 0.640. The van der Waals surface area contributed by atoms with Crippen molar-refractivity contribution in [2.45, 2.75) is 32.2 Å². The molecule has 0 aromatic heterocycles. The molecule has 0 aliphatic carbocycles. The van der Waals surface area contributed by atoms with Crippen LogP contribution in [-0.4, -0.2) is 26.2 Å². The van der Waals surface area contributed by atoms with E-state index in [1.807, 2.05) is 31.2 Å².